The van der Waals surface area contributed by atoms with Gasteiger partial charge in [0.1, 0.15) is 0 Å². The molecule has 3 radical (unpaired) electrons. The molecule has 0 aliphatic carbocycles. The standard InChI is InChI=1S/C17H28N.Sn/c1-4-7-10-15-13-18-14-16(11-8-5-2)17(15)12-9-6-3;/h13H,4-12H2,1-3H3;. The Balaban J connectivity index is 3.00. The van der Waals surface area contributed by atoms with Gasteiger partial charge < -0.3 is 0 Å². The Hall–Kier alpha value is -0.0513. The Morgan fingerprint density at radius 3 is 1.95 bits per heavy atom. The van der Waals surface area contributed by atoms with E-state index in [-0.39, 0.29) is 0 Å². The molecule has 0 aliphatic heterocycles. The number of nitrogens with zero attached hydrogens (tertiary/aromatic N) is 1. The van der Waals surface area contributed by atoms with Crippen molar-refractivity contribution < 1.29 is 0 Å². The quantitative estimate of drug-likeness (QED) is 0.605. The topological polar surface area (TPSA) is 12.9 Å². The van der Waals surface area contributed by atoms with Gasteiger partial charge in [0.05, 0.1) is 0 Å². The zero-order chi connectivity index (χ0) is 14.1. The molecule has 0 saturated carbocycles. The summed E-state index contributed by atoms with van der Waals surface area (Å²) in [7, 11) is 0. The van der Waals surface area contributed by atoms with Crippen LogP contribution in [0.25, 0.3) is 0 Å². The average Bonchev–Trinajstić information content (AvgIpc) is 2.42. The van der Waals surface area contributed by atoms with E-state index in [1.807, 2.05) is 0 Å². The Bertz CT molecular complexity index is 374. The van der Waals surface area contributed by atoms with E-state index in [0.29, 0.717) is 0 Å². The molecular weight excluding hydrogens is 337 g/mol. The van der Waals surface area contributed by atoms with Gasteiger partial charge in [0.25, 0.3) is 0 Å². The summed E-state index contributed by atoms with van der Waals surface area (Å²) in [4.78, 5) is 4.69. The van der Waals surface area contributed by atoms with E-state index in [1.54, 1.807) is 11.1 Å². The van der Waals surface area contributed by atoms with Gasteiger partial charge in [-0.15, -0.1) is 0 Å². The van der Waals surface area contributed by atoms with Crippen LogP contribution in [0.5, 0.6) is 0 Å². The van der Waals surface area contributed by atoms with Crippen molar-refractivity contribution in [1.29, 1.82) is 0 Å². The Kier molecular flexibility index (Phi) is 8.76. The van der Waals surface area contributed by atoms with Crippen LogP contribution in [0.2, 0.25) is 0 Å². The van der Waals surface area contributed by atoms with E-state index in [1.165, 1.54) is 89.6 Å². The summed E-state index contributed by atoms with van der Waals surface area (Å²) in [5, 5.41) is 0. The van der Waals surface area contributed by atoms with Crippen molar-refractivity contribution in [3.05, 3.63) is 22.9 Å². The van der Waals surface area contributed by atoms with Crippen LogP contribution >= 0.6 is 0 Å². The van der Waals surface area contributed by atoms with Crippen LogP contribution in [-0.4, -0.2) is 27.5 Å². The van der Waals surface area contributed by atoms with Crippen molar-refractivity contribution in [2.75, 3.05) is 0 Å². The molecule has 0 N–H and O–H groups in total. The summed E-state index contributed by atoms with van der Waals surface area (Å²) in [6.45, 7) is 6.84. The van der Waals surface area contributed by atoms with E-state index in [0.717, 1.165) is 0 Å². The van der Waals surface area contributed by atoms with Gasteiger partial charge in [-0.1, -0.05) is 0 Å². The molecule has 1 heterocycles. The van der Waals surface area contributed by atoms with E-state index in [4.69, 9.17) is 4.98 Å². The van der Waals surface area contributed by atoms with Gasteiger partial charge in [-0.2, -0.15) is 0 Å². The molecule has 0 aliphatic rings. The molecule has 0 bridgehead atoms. The maximum absolute atomic E-state index is 4.69. The second kappa shape index (κ2) is 9.79. The van der Waals surface area contributed by atoms with Crippen LogP contribution in [0.1, 0.15) is 76.0 Å². The number of aromatic nitrogens is 1. The number of unbranched alkanes of at least 4 members (excludes halogenated alkanes) is 3. The minimum atomic E-state index is 1.22. The molecule has 2 heteroatoms. The normalized spacial score (nSPS) is 10.9. The van der Waals surface area contributed by atoms with Crippen LogP contribution < -0.4 is 3.71 Å². The first-order valence-electron chi connectivity index (χ1n) is 7.95. The molecular formula is C17H28NSn. The molecule has 105 valence electrons. The molecule has 1 nitrogen and oxygen atoms in total. The third-order valence-corrected chi connectivity index (χ3v) is 4.98. The summed E-state index contributed by atoms with van der Waals surface area (Å²) >= 11 is 1.48. The van der Waals surface area contributed by atoms with E-state index in [2.05, 4.69) is 27.0 Å². The summed E-state index contributed by atoms with van der Waals surface area (Å²) < 4.78 is 1.35. The molecule has 0 fully saturated rings. The van der Waals surface area contributed by atoms with Gasteiger partial charge in [0, 0.05) is 0 Å². The molecule has 0 amide bonds. The van der Waals surface area contributed by atoms with Crippen LogP contribution in [0.15, 0.2) is 6.20 Å². The van der Waals surface area contributed by atoms with Crippen molar-refractivity contribution in [3.63, 3.8) is 0 Å². The molecule has 1 rings (SSSR count). The molecule has 0 spiro atoms. The molecule has 0 atom stereocenters. The van der Waals surface area contributed by atoms with Gasteiger partial charge >= 0.3 is 133 Å². The van der Waals surface area contributed by atoms with Gasteiger partial charge in [-0.25, -0.2) is 0 Å². The fraction of sp³-hybridized carbons (Fsp3) is 0.706. The van der Waals surface area contributed by atoms with Gasteiger partial charge in [0.15, 0.2) is 0 Å². The van der Waals surface area contributed by atoms with Crippen LogP contribution in [0, 0.1) is 0 Å². The second-order valence-electron chi connectivity index (χ2n) is 5.40. The first kappa shape index (κ1) is 17.0. The first-order chi connectivity index (χ1) is 9.24. The number of rotatable bonds is 9. The summed E-state index contributed by atoms with van der Waals surface area (Å²) in [5.41, 5.74) is 4.79. The molecule has 0 saturated heterocycles. The fourth-order valence-corrected chi connectivity index (χ4v) is 3.48. The van der Waals surface area contributed by atoms with Gasteiger partial charge in [0.2, 0.25) is 0 Å². The fourth-order valence-electron chi connectivity index (χ4n) is 2.51. The average molecular weight is 365 g/mol. The number of aryl methyl sites for hydroxylation is 1. The third kappa shape index (κ3) is 5.45. The zero-order valence-electron chi connectivity index (χ0n) is 12.9. The van der Waals surface area contributed by atoms with Gasteiger partial charge in [-0.05, 0) is 0 Å². The number of pyridine rings is 1. The summed E-state index contributed by atoms with van der Waals surface area (Å²) in [5.74, 6) is 0. The van der Waals surface area contributed by atoms with Crippen molar-refractivity contribution in [3.8, 4) is 0 Å². The zero-order valence-corrected chi connectivity index (χ0v) is 15.7. The molecule has 0 aromatic carbocycles. The Labute approximate surface area is 132 Å². The predicted octanol–water partition coefficient (Wildman–Crippen LogP) is 3.90. The number of hydrogen-bond donors (Lipinski definition) is 0. The van der Waals surface area contributed by atoms with E-state index < -0.39 is 0 Å². The van der Waals surface area contributed by atoms with Crippen molar-refractivity contribution >= 4 is 26.2 Å². The SMILES string of the molecule is CCCCc1cn[c]([Sn])c(CCCC)c1CCCC. The van der Waals surface area contributed by atoms with Crippen molar-refractivity contribution in [2.24, 2.45) is 0 Å². The Morgan fingerprint density at radius 2 is 1.37 bits per heavy atom. The molecule has 1 aromatic heterocycles. The summed E-state index contributed by atoms with van der Waals surface area (Å²) in [6.07, 6.45) is 13.6. The van der Waals surface area contributed by atoms with E-state index in [9.17, 15) is 0 Å². The molecule has 0 unspecified atom stereocenters. The van der Waals surface area contributed by atoms with Crippen molar-refractivity contribution in [2.45, 2.75) is 78.6 Å². The maximum atomic E-state index is 4.69. The van der Waals surface area contributed by atoms with Crippen LogP contribution in [0.4, 0.5) is 0 Å². The van der Waals surface area contributed by atoms with Crippen LogP contribution in [0.3, 0.4) is 0 Å². The van der Waals surface area contributed by atoms with Gasteiger partial charge in [-0.3, -0.25) is 0 Å². The first-order valence-corrected chi connectivity index (χ1v) is 9.38. The van der Waals surface area contributed by atoms with Crippen molar-refractivity contribution in [1.82, 2.24) is 4.98 Å². The second-order valence-corrected chi connectivity index (χ2v) is 6.75. The predicted molar refractivity (Wildman–Crippen MR) is 85.5 cm³/mol. The monoisotopic (exact) mass is 366 g/mol. The third-order valence-electron chi connectivity index (χ3n) is 3.75. The minimum absolute atomic E-state index is 1.22. The molecule has 1 aromatic rings. The van der Waals surface area contributed by atoms with E-state index >= 15 is 0 Å². The summed E-state index contributed by atoms with van der Waals surface area (Å²) in [6, 6.07) is 0. The van der Waals surface area contributed by atoms with Crippen LogP contribution in [-0.2, 0) is 19.3 Å². The number of hydrogen-bond acceptors (Lipinski definition) is 1. The Morgan fingerprint density at radius 1 is 0.842 bits per heavy atom. The molecule has 19 heavy (non-hydrogen) atoms.